The molecular weight excluding hydrogens is 512 g/mol. The lowest BCUT2D eigenvalue weighted by Gasteiger charge is -2.39. The van der Waals surface area contributed by atoms with Crippen LogP contribution in [0.15, 0.2) is 60.7 Å². The fraction of sp³-hybridized carbons (Fsp3) is 0.250. The standard InChI is InChI=1S/C28H28O11/c1-36-22-9-4-15(12-21(22)31)2-3-16-10-19(30)13-20(11-16)38-28-26(34)25(33)24(32)23(39-28)14-37-27(35)17-5-7-18(29)8-6-17/h2-13,23-26,28-34H,14H2,1H3/b3-2+/t23-,24-,25+,26-,28-/m1/s1. The van der Waals surface area contributed by atoms with Crippen molar-refractivity contribution < 1.29 is 54.4 Å². The van der Waals surface area contributed by atoms with E-state index >= 15 is 0 Å². The molecule has 0 aromatic heterocycles. The van der Waals surface area contributed by atoms with Gasteiger partial charge < -0.3 is 49.6 Å². The van der Waals surface area contributed by atoms with Gasteiger partial charge in [0, 0.05) is 6.07 Å². The summed E-state index contributed by atoms with van der Waals surface area (Å²) < 4.78 is 21.5. The summed E-state index contributed by atoms with van der Waals surface area (Å²) in [6.45, 7) is -0.465. The molecule has 4 rings (SSSR count). The molecule has 0 radical (unpaired) electrons. The molecule has 1 aliphatic rings. The maximum absolute atomic E-state index is 12.3. The quantitative estimate of drug-likeness (QED) is 0.182. The summed E-state index contributed by atoms with van der Waals surface area (Å²) in [5.41, 5.74) is 1.31. The van der Waals surface area contributed by atoms with E-state index in [1.807, 2.05) is 0 Å². The first kappa shape index (κ1) is 27.7. The van der Waals surface area contributed by atoms with Crippen LogP contribution in [0, 0.1) is 0 Å². The topological polar surface area (TPSA) is 175 Å². The monoisotopic (exact) mass is 540 g/mol. The van der Waals surface area contributed by atoms with Crippen LogP contribution < -0.4 is 9.47 Å². The molecular formula is C28H28O11. The van der Waals surface area contributed by atoms with Crippen molar-refractivity contribution in [3.63, 3.8) is 0 Å². The van der Waals surface area contributed by atoms with Gasteiger partial charge in [-0.15, -0.1) is 0 Å². The highest BCUT2D eigenvalue weighted by atomic mass is 16.7. The number of esters is 1. The Hall–Kier alpha value is -4.29. The second-order valence-corrected chi connectivity index (χ2v) is 8.80. The molecule has 5 atom stereocenters. The van der Waals surface area contributed by atoms with Crippen molar-refractivity contribution in [3.8, 4) is 28.7 Å². The summed E-state index contributed by atoms with van der Waals surface area (Å²) in [5, 5.41) is 60.6. The van der Waals surface area contributed by atoms with Gasteiger partial charge in [0.05, 0.1) is 12.7 Å². The molecule has 0 amide bonds. The van der Waals surface area contributed by atoms with Gasteiger partial charge in [0.15, 0.2) is 11.5 Å². The van der Waals surface area contributed by atoms with Crippen molar-refractivity contribution in [2.45, 2.75) is 30.7 Å². The highest BCUT2D eigenvalue weighted by Gasteiger charge is 2.45. The van der Waals surface area contributed by atoms with Gasteiger partial charge in [-0.3, -0.25) is 0 Å². The number of hydrogen-bond donors (Lipinski definition) is 6. The van der Waals surface area contributed by atoms with Crippen LogP contribution >= 0.6 is 0 Å². The second kappa shape index (κ2) is 12.0. The summed E-state index contributed by atoms with van der Waals surface area (Å²) in [6.07, 6.45) is -4.31. The molecule has 1 saturated heterocycles. The first-order chi connectivity index (χ1) is 18.6. The Balaban J connectivity index is 1.44. The average Bonchev–Trinajstić information content (AvgIpc) is 2.91. The van der Waals surface area contributed by atoms with E-state index in [2.05, 4.69) is 0 Å². The molecule has 39 heavy (non-hydrogen) atoms. The largest absolute Gasteiger partial charge is 0.508 e. The third-order valence-electron chi connectivity index (χ3n) is 5.99. The predicted molar refractivity (Wildman–Crippen MR) is 137 cm³/mol. The first-order valence-corrected chi connectivity index (χ1v) is 11.9. The van der Waals surface area contributed by atoms with Crippen LogP contribution in [0.1, 0.15) is 21.5 Å². The van der Waals surface area contributed by atoms with E-state index in [-0.39, 0.29) is 28.6 Å². The number of phenolic OH excluding ortho intramolecular Hbond substituents is 3. The average molecular weight is 541 g/mol. The molecule has 1 heterocycles. The lowest BCUT2D eigenvalue weighted by Crippen LogP contribution is -2.60. The van der Waals surface area contributed by atoms with Crippen LogP contribution in [0.5, 0.6) is 28.7 Å². The molecule has 1 fully saturated rings. The molecule has 0 saturated carbocycles. The van der Waals surface area contributed by atoms with Gasteiger partial charge >= 0.3 is 5.97 Å². The minimum absolute atomic E-state index is 0.0275. The van der Waals surface area contributed by atoms with Gasteiger partial charge in [-0.25, -0.2) is 4.79 Å². The molecule has 0 spiro atoms. The fourth-order valence-electron chi connectivity index (χ4n) is 3.90. The van der Waals surface area contributed by atoms with Gasteiger partial charge in [-0.1, -0.05) is 18.2 Å². The lowest BCUT2D eigenvalue weighted by molar-refractivity contribution is -0.277. The molecule has 0 bridgehead atoms. The molecule has 206 valence electrons. The third-order valence-corrected chi connectivity index (χ3v) is 5.99. The van der Waals surface area contributed by atoms with E-state index < -0.39 is 43.3 Å². The van der Waals surface area contributed by atoms with Gasteiger partial charge in [0.2, 0.25) is 6.29 Å². The normalized spacial score (nSPS) is 22.9. The zero-order valence-electron chi connectivity index (χ0n) is 20.7. The molecule has 6 N–H and O–H groups in total. The number of phenols is 3. The Morgan fingerprint density at radius 2 is 1.56 bits per heavy atom. The van der Waals surface area contributed by atoms with Gasteiger partial charge in [0.1, 0.15) is 48.3 Å². The highest BCUT2D eigenvalue weighted by Crippen LogP contribution is 2.30. The van der Waals surface area contributed by atoms with Crippen molar-refractivity contribution in [2.75, 3.05) is 13.7 Å². The molecule has 1 aliphatic heterocycles. The van der Waals surface area contributed by atoms with Crippen LogP contribution in [0.25, 0.3) is 12.2 Å². The van der Waals surface area contributed by atoms with E-state index in [1.165, 1.54) is 55.6 Å². The number of ether oxygens (including phenoxy) is 4. The predicted octanol–water partition coefficient (Wildman–Crippen LogP) is 2.03. The third kappa shape index (κ3) is 6.78. The summed E-state index contributed by atoms with van der Waals surface area (Å²) >= 11 is 0. The van der Waals surface area contributed by atoms with Crippen LogP contribution in [0.2, 0.25) is 0 Å². The van der Waals surface area contributed by atoms with Crippen LogP contribution in [0.4, 0.5) is 0 Å². The highest BCUT2D eigenvalue weighted by molar-refractivity contribution is 5.89. The van der Waals surface area contributed by atoms with Crippen molar-refractivity contribution in [1.82, 2.24) is 0 Å². The molecule has 11 nitrogen and oxygen atoms in total. The summed E-state index contributed by atoms with van der Waals surface area (Å²) in [7, 11) is 1.44. The smallest absolute Gasteiger partial charge is 0.338 e. The number of carbonyl (C=O) groups excluding carboxylic acids is 1. The number of carbonyl (C=O) groups is 1. The number of benzene rings is 3. The van der Waals surface area contributed by atoms with Crippen LogP contribution in [-0.4, -0.2) is 81.0 Å². The number of aromatic hydroxyl groups is 3. The van der Waals surface area contributed by atoms with E-state index in [1.54, 1.807) is 24.3 Å². The van der Waals surface area contributed by atoms with E-state index in [4.69, 9.17) is 18.9 Å². The van der Waals surface area contributed by atoms with Crippen LogP contribution in [0.3, 0.4) is 0 Å². The Morgan fingerprint density at radius 1 is 0.846 bits per heavy atom. The number of aliphatic hydroxyl groups excluding tert-OH is 3. The Kier molecular flexibility index (Phi) is 8.57. The van der Waals surface area contributed by atoms with Crippen molar-refractivity contribution >= 4 is 18.1 Å². The maximum atomic E-state index is 12.3. The molecule has 11 heteroatoms. The Bertz CT molecular complexity index is 1320. The molecule has 3 aromatic rings. The lowest BCUT2D eigenvalue weighted by atomic mass is 9.99. The summed E-state index contributed by atoms with van der Waals surface area (Å²) in [5.74, 6) is -0.563. The number of hydrogen-bond acceptors (Lipinski definition) is 11. The van der Waals surface area contributed by atoms with E-state index in [9.17, 15) is 35.4 Å². The fourth-order valence-corrected chi connectivity index (χ4v) is 3.90. The molecule has 0 unspecified atom stereocenters. The minimum Gasteiger partial charge on any atom is -0.508 e. The van der Waals surface area contributed by atoms with Crippen molar-refractivity contribution in [3.05, 3.63) is 77.4 Å². The van der Waals surface area contributed by atoms with E-state index in [0.29, 0.717) is 16.9 Å². The second-order valence-electron chi connectivity index (χ2n) is 8.80. The van der Waals surface area contributed by atoms with E-state index in [0.717, 1.165) is 0 Å². The van der Waals surface area contributed by atoms with Gasteiger partial charge in [-0.05, 0) is 59.7 Å². The Morgan fingerprint density at radius 3 is 2.26 bits per heavy atom. The first-order valence-electron chi connectivity index (χ1n) is 11.9. The maximum Gasteiger partial charge on any atom is 0.338 e. The zero-order chi connectivity index (χ0) is 28.1. The summed E-state index contributed by atoms with van der Waals surface area (Å²) in [4.78, 5) is 12.3. The van der Waals surface area contributed by atoms with Crippen molar-refractivity contribution in [2.24, 2.45) is 0 Å². The number of methoxy groups -OCH3 is 1. The molecule has 0 aliphatic carbocycles. The SMILES string of the molecule is COc1ccc(/C=C/c2cc(O)cc(O[C@@H]3O[C@H](COC(=O)c4ccc(O)cc4)[C@@H](O)[C@H](O)[C@H]3O)c2)cc1O. The summed E-state index contributed by atoms with van der Waals surface area (Å²) in [6, 6.07) is 14.4. The number of aliphatic hydroxyl groups is 3. The number of rotatable bonds is 8. The molecule has 3 aromatic carbocycles. The minimum atomic E-state index is -1.68. The van der Waals surface area contributed by atoms with Gasteiger partial charge in [-0.2, -0.15) is 0 Å². The van der Waals surface area contributed by atoms with Crippen LogP contribution in [-0.2, 0) is 9.47 Å². The Labute approximate surface area is 223 Å². The zero-order valence-corrected chi connectivity index (χ0v) is 20.7. The van der Waals surface area contributed by atoms with Crippen molar-refractivity contribution in [1.29, 1.82) is 0 Å². The van der Waals surface area contributed by atoms with Gasteiger partial charge in [0.25, 0.3) is 0 Å².